The number of rotatable bonds is 7. The Labute approximate surface area is 138 Å². The van der Waals surface area contributed by atoms with E-state index < -0.39 is 16.1 Å². The highest BCUT2D eigenvalue weighted by atomic mass is 32.2. The van der Waals surface area contributed by atoms with Crippen LogP contribution in [0.25, 0.3) is 0 Å². The Morgan fingerprint density at radius 2 is 2.04 bits per heavy atom. The van der Waals surface area contributed by atoms with Crippen molar-refractivity contribution in [2.45, 2.75) is 4.21 Å². The number of amides is 2. The van der Waals surface area contributed by atoms with Crippen LogP contribution in [0.1, 0.15) is 0 Å². The molecule has 3 N–H and O–H groups in total. The smallest absolute Gasteiger partial charge is 0.319 e. The van der Waals surface area contributed by atoms with Crippen LogP contribution in [0.5, 0.6) is 5.75 Å². The lowest BCUT2D eigenvalue weighted by Gasteiger charge is -2.09. The molecule has 0 bridgehead atoms. The molecule has 0 fully saturated rings. The van der Waals surface area contributed by atoms with Crippen LogP contribution in [0.15, 0.2) is 46.0 Å². The first kappa shape index (κ1) is 17.3. The fraction of sp³-hybridized carbons (Fsp3) is 0.214. The van der Waals surface area contributed by atoms with E-state index >= 15 is 0 Å². The Bertz CT molecular complexity index is 745. The van der Waals surface area contributed by atoms with Crippen molar-refractivity contribution >= 4 is 33.1 Å². The molecule has 23 heavy (non-hydrogen) atoms. The number of hydrogen-bond donors (Lipinski definition) is 3. The van der Waals surface area contributed by atoms with E-state index in [1.807, 2.05) is 0 Å². The zero-order chi connectivity index (χ0) is 16.7. The first-order chi connectivity index (χ1) is 11.0. The van der Waals surface area contributed by atoms with Crippen LogP contribution in [0.3, 0.4) is 0 Å². The molecule has 124 valence electrons. The standard InChI is InChI=1S/C14H17N3O4S2/c1-21-12-5-2-4-11(10-12)17-14(18)15-7-8-16-23(19,20)13-6-3-9-22-13/h2-6,9-10,16H,7-8H2,1H3,(H2,15,17,18). The van der Waals surface area contributed by atoms with Crippen molar-refractivity contribution < 1.29 is 17.9 Å². The number of ether oxygens (including phenoxy) is 1. The fourth-order valence-corrected chi connectivity index (χ4v) is 3.79. The molecular weight excluding hydrogens is 338 g/mol. The minimum Gasteiger partial charge on any atom is -0.497 e. The Morgan fingerprint density at radius 1 is 1.22 bits per heavy atom. The molecule has 2 aromatic rings. The maximum atomic E-state index is 11.9. The summed E-state index contributed by atoms with van der Waals surface area (Å²) in [7, 11) is -1.96. The third-order valence-corrected chi connectivity index (χ3v) is 5.65. The number of carbonyl (C=O) groups is 1. The lowest BCUT2D eigenvalue weighted by atomic mass is 10.3. The van der Waals surface area contributed by atoms with E-state index in [9.17, 15) is 13.2 Å². The van der Waals surface area contributed by atoms with E-state index in [1.165, 1.54) is 6.07 Å². The first-order valence-electron chi connectivity index (χ1n) is 6.73. The van der Waals surface area contributed by atoms with Gasteiger partial charge in [0.1, 0.15) is 9.96 Å². The van der Waals surface area contributed by atoms with Gasteiger partial charge in [-0.15, -0.1) is 11.3 Å². The van der Waals surface area contributed by atoms with Gasteiger partial charge in [0.05, 0.1) is 7.11 Å². The maximum Gasteiger partial charge on any atom is 0.319 e. The van der Waals surface area contributed by atoms with Gasteiger partial charge < -0.3 is 15.4 Å². The number of anilines is 1. The van der Waals surface area contributed by atoms with Gasteiger partial charge in [0.15, 0.2) is 0 Å². The van der Waals surface area contributed by atoms with Crippen LogP contribution in [-0.4, -0.2) is 34.6 Å². The highest BCUT2D eigenvalue weighted by Gasteiger charge is 2.13. The van der Waals surface area contributed by atoms with Gasteiger partial charge in [0.25, 0.3) is 0 Å². The van der Waals surface area contributed by atoms with E-state index in [-0.39, 0.29) is 17.3 Å². The number of methoxy groups -OCH3 is 1. The van der Waals surface area contributed by atoms with Crippen LogP contribution in [0.4, 0.5) is 10.5 Å². The number of benzene rings is 1. The molecule has 0 aliphatic carbocycles. The molecule has 0 saturated carbocycles. The lowest BCUT2D eigenvalue weighted by Crippen LogP contribution is -2.36. The summed E-state index contributed by atoms with van der Waals surface area (Å²) >= 11 is 1.14. The molecule has 2 amide bonds. The largest absolute Gasteiger partial charge is 0.497 e. The van der Waals surface area contributed by atoms with Crippen molar-refractivity contribution in [3.8, 4) is 5.75 Å². The summed E-state index contributed by atoms with van der Waals surface area (Å²) in [6.07, 6.45) is 0. The number of thiophene rings is 1. The SMILES string of the molecule is COc1cccc(NC(=O)NCCNS(=O)(=O)c2cccs2)c1. The monoisotopic (exact) mass is 355 g/mol. The molecule has 9 heteroatoms. The second-order valence-corrected chi connectivity index (χ2v) is 7.38. The van der Waals surface area contributed by atoms with Crippen molar-refractivity contribution in [2.75, 3.05) is 25.5 Å². The molecule has 0 atom stereocenters. The second kappa shape index (κ2) is 7.95. The number of carbonyl (C=O) groups excluding carboxylic acids is 1. The van der Waals surface area contributed by atoms with Crippen LogP contribution in [-0.2, 0) is 10.0 Å². The van der Waals surface area contributed by atoms with Gasteiger partial charge in [-0.3, -0.25) is 0 Å². The Hall–Kier alpha value is -2.10. The molecule has 0 aliphatic heterocycles. The van der Waals surface area contributed by atoms with Gasteiger partial charge in [-0.05, 0) is 23.6 Å². The van der Waals surface area contributed by atoms with Crippen molar-refractivity contribution in [3.63, 3.8) is 0 Å². The van der Waals surface area contributed by atoms with E-state index in [1.54, 1.807) is 42.8 Å². The van der Waals surface area contributed by atoms with E-state index in [0.717, 1.165) is 11.3 Å². The van der Waals surface area contributed by atoms with Gasteiger partial charge in [-0.25, -0.2) is 17.9 Å². The molecular formula is C14H17N3O4S2. The molecule has 2 rings (SSSR count). The highest BCUT2D eigenvalue weighted by Crippen LogP contribution is 2.16. The molecule has 1 heterocycles. The quantitative estimate of drug-likeness (QED) is 0.661. The predicted octanol–water partition coefficient (Wildman–Crippen LogP) is 1.86. The van der Waals surface area contributed by atoms with Crippen LogP contribution >= 0.6 is 11.3 Å². The van der Waals surface area contributed by atoms with Gasteiger partial charge in [0.2, 0.25) is 10.0 Å². The number of nitrogens with one attached hydrogen (secondary N) is 3. The zero-order valence-corrected chi connectivity index (χ0v) is 14.0. The van der Waals surface area contributed by atoms with E-state index in [0.29, 0.717) is 11.4 Å². The summed E-state index contributed by atoms with van der Waals surface area (Å²) in [5, 5.41) is 6.90. The van der Waals surface area contributed by atoms with E-state index in [2.05, 4.69) is 15.4 Å². The van der Waals surface area contributed by atoms with E-state index in [4.69, 9.17) is 4.74 Å². The lowest BCUT2D eigenvalue weighted by molar-refractivity contribution is 0.252. The van der Waals surface area contributed by atoms with Crippen molar-refractivity contribution in [2.24, 2.45) is 0 Å². The minimum absolute atomic E-state index is 0.103. The van der Waals surface area contributed by atoms with Crippen molar-refractivity contribution in [1.82, 2.24) is 10.0 Å². The molecule has 7 nitrogen and oxygen atoms in total. The third-order valence-electron chi connectivity index (χ3n) is 2.79. The minimum atomic E-state index is -3.50. The van der Waals surface area contributed by atoms with Crippen LogP contribution < -0.4 is 20.1 Å². The van der Waals surface area contributed by atoms with Gasteiger partial charge in [0, 0.05) is 24.8 Å². The molecule has 0 spiro atoms. The summed E-state index contributed by atoms with van der Waals surface area (Å²) in [6, 6.07) is 9.69. The average molecular weight is 355 g/mol. The van der Waals surface area contributed by atoms with Crippen molar-refractivity contribution in [3.05, 3.63) is 41.8 Å². The highest BCUT2D eigenvalue weighted by molar-refractivity contribution is 7.91. The second-order valence-electron chi connectivity index (χ2n) is 4.44. The first-order valence-corrected chi connectivity index (χ1v) is 9.09. The molecule has 0 aliphatic rings. The summed E-state index contributed by atoms with van der Waals surface area (Å²) in [4.78, 5) is 11.7. The van der Waals surface area contributed by atoms with Crippen molar-refractivity contribution in [1.29, 1.82) is 0 Å². The molecule has 0 radical (unpaired) electrons. The van der Waals surface area contributed by atoms with Crippen LogP contribution in [0.2, 0.25) is 0 Å². The summed E-state index contributed by atoms with van der Waals surface area (Å²) < 4.78 is 31.4. The molecule has 1 aromatic heterocycles. The number of urea groups is 1. The van der Waals surface area contributed by atoms with Gasteiger partial charge in [-0.2, -0.15) is 0 Å². The Balaban J connectivity index is 1.75. The fourth-order valence-electron chi connectivity index (χ4n) is 1.73. The Kier molecular flexibility index (Phi) is 5.97. The topological polar surface area (TPSA) is 96.5 Å². The molecule has 0 saturated heterocycles. The number of hydrogen-bond acceptors (Lipinski definition) is 5. The average Bonchev–Trinajstić information content (AvgIpc) is 3.07. The summed E-state index contributed by atoms with van der Waals surface area (Å²) in [5.74, 6) is 0.631. The molecule has 1 aromatic carbocycles. The Morgan fingerprint density at radius 3 is 2.74 bits per heavy atom. The normalized spacial score (nSPS) is 11.0. The zero-order valence-electron chi connectivity index (χ0n) is 12.4. The maximum absolute atomic E-state index is 11.9. The molecule has 0 unspecified atom stereocenters. The third kappa shape index (κ3) is 5.23. The van der Waals surface area contributed by atoms with Gasteiger partial charge >= 0.3 is 6.03 Å². The van der Waals surface area contributed by atoms with Gasteiger partial charge in [-0.1, -0.05) is 12.1 Å². The summed E-state index contributed by atoms with van der Waals surface area (Å²) in [5.41, 5.74) is 0.584. The van der Waals surface area contributed by atoms with Crippen LogP contribution in [0, 0.1) is 0 Å². The summed E-state index contributed by atoms with van der Waals surface area (Å²) in [6.45, 7) is 0.270. The number of sulfonamides is 1. The predicted molar refractivity (Wildman–Crippen MR) is 89.5 cm³/mol.